The Hall–Kier alpha value is -2.34. The van der Waals surface area contributed by atoms with Crippen molar-refractivity contribution >= 4 is 5.91 Å². The third-order valence-corrected chi connectivity index (χ3v) is 4.27. The molecule has 2 N–H and O–H groups in total. The van der Waals surface area contributed by atoms with Gasteiger partial charge in [-0.2, -0.15) is 13.2 Å². The number of hydrogen-bond acceptors (Lipinski definition) is 2. The summed E-state index contributed by atoms with van der Waals surface area (Å²) in [6.45, 7) is 2.69. The monoisotopic (exact) mass is 334 g/mol. The van der Waals surface area contributed by atoms with Gasteiger partial charge in [-0.1, -0.05) is 24.3 Å². The summed E-state index contributed by atoms with van der Waals surface area (Å²) in [5, 5.41) is 6.23. The third-order valence-electron chi connectivity index (χ3n) is 4.27. The summed E-state index contributed by atoms with van der Waals surface area (Å²) < 4.78 is 37.8. The summed E-state index contributed by atoms with van der Waals surface area (Å²) in [7, 11) is 0. The Morgan fingerprint density at radius 2 is 1.79 bits per heavy atom. The summed E-state index contributed by atoms with van der Waals surface area (Å²) in [5.41, 5.74) is 1.58. The zero-order valence-electron chi connectivity index (χ0n) is 13.0. The molecular weight excluding hydrogens is 317 g/mol. The van der Waals surface area contributed by atoms with Crippen molar-refractivity contribution in [2.45, 2.75) is 31.7 Å². The Morgan fingerprint density at radius 1 is 1.12 bits per heavy atom. The van der Waals surface area contributed by atoms with Crippen molar-refractivity contribution in [2.24, 2.45) is 0 Å². The molecule has 3 rings (SSSR count). The number of amides is 1. The van der Waals surface area contributed by atoms with Crippen LogP contribution < -0.4 is 10.6 Å². The van der Waals surface area contributed by atoms with Crippen LogP contribution in [0.4, 0.5) is 13.2 Å². The maximum atomic E-state index is 12.6. The van der Waals surface area contributed by atoms with Crippen molar-refractivity contribution in [3.63, 3.8) is 0 Å². The summed E-state index contributed by atoms with van der Waals surface area (Å²) in [4.78, 5) is 12.4. The number of carbonyl (C=O) groups excluding carboxylic acids is 1. The molecule has 1 aliphatic heterocycles. The summed E-state index contributed by atoms with van der Waals surface area (Å²) in [6, 6.07) is 11.8. The van der Waals surface area contributed by atoms with Crippen LogP contribution in [0.5, 0.6) is 0 Å². The number of halogens is 3. The van der Waals surface area contributed by atoms with Crippen LogP contribution in [0, 0.1) is 0 Å². The molecule has 24 heavy (non-hydrogen) atoms. The van der Waals surface area contributed by atoms with E-state index in [9.17, 15) is 18.0 Å². The molecule has 2 atom stereocenters. The molecule has 2 aromatic carbocycles. The van der Waals surface area contributed by atoms with Crippen molar-refractivity contribution in [1.82, 2.24) is 10.6 Å². The minimum absolute atomic E-state index is 0.0262. The molecule has 2 unspecified atom stereocenters. The molecule has 0 bridgehead atoms. The van der Waals surface area contributed by atoms with E-state index in [0.29, 0.717) is 0 Å². The molecule has 0 aliphatic carbocycles. The number of nitrogens with one attached hydrogen (secondary N) is 2. The lowest BCUT2D eigenvalue weighted by Gasteiger charge is -2.33. The molecule has 0 spiro atoms. The predicted octanol–water partition coefficient (Wildman–Crippen LogP) is 3.67. The highest BCUT2D eigenvalue weighted by molar-refractivity contribution is 5.94. The fraction of sp³-hybridized carbons (Fsp3) is 0.278. The standard InChI is InChI=1S/C18H17F3N2O/c1-11-16(15-5-3-2-4-13(15)10-22-11)23-17(24)12-6-8-14(9-7-12)18(19,20)21/h2-9,11,16,22H,10H2,1H3,(H,23,24). The lowest BCUT2D eigenvalue weighted by Crippen LogP contribution is -2.45. The Labute approximate surface area is 137 Å². The second kappa shape index (κ2) is 6.28. The van der Waals surface area contributed by atoms with Crippen LogP contribution >= 0.6 is 0 Å². The molecule has 0 radical (unpaired) electrons. The number of benzene rings is 2. The van der Waals surface area contributed by atoms with E-state index in [4.69, 9.17) is 0 Å². The Balaban J connectivity index is 1.80. The first-order valence-electron chi connectivity index (χ1n) is 7.65. The van der Waals surface area contributed by atoms with Crippen LogP contribution in [0.25, 0.3) is 0 Å². The van der Waals surface area contributed by atoms with E-state index in [-0.39, 0.29) is 23.6 Å². The number of hydrogen-bond donors (Lipinski definition) is 2. The number of carbonyl (C=O) groups is 1. The molecule has 1 heterocycles. The normalized spacial score (nSPS) is 20.3. The van der Waals surface area contributed by atoms with E-state index in [1.54, 1.807) is 0 Å². The lowest BCUT2D eigenvalue weighted by atomic mass is 9.91. The smallest absolute Gasteiger partial charge is 0.344 e. The summed E-state index contributed by atoms with van der Waals surface area (Å²) in [5.74, 6) is -0.390. The second-order valence-corrected chi connectivity index (χ2v) is 5.89. The van der Waals surface area contributed by atoms with Gasteiger partial charge >= 0.3 is 6.18 Å². The van der Waals surface area contributed by atoms with Gasteiger partial charge in [0.2, 0.25) is 0 Å². The number of alkyl halides is 3. The molecular formula is C18H17F3N2O. The Morgan fingerprint density at radius 3 is 2.46 bits per heavy atom. The van der Waals surface area contributed by atoms with E-state index in [1.165, 1.54) is 12.1 Å². The van der Waals surface area contributed by atoms with Gasteiger partial charge in [0.25, 0.3) is 5.91 Å². The van der Waals surface area contributed by atoms with Gasteiger partial charge in [-0.05, 0) is 42.3 Å². The van der Waals surface area contributed by atoms with Crippen molar-refractivity contribution in [3.8, 4) is 0 Å². The van der Waals surface area contributed by atoms with Gasteiger partial charge in [0, 0.05) is 18.2 Å². The minimum atomic E-state index is -4.41. The highest BCUT2D eigenvalue weighted by Crippen LogP contribution is 2.29. The fourth-order valence-electron chi connectivity index (χ4n) is 2.89. The molecule has 0 aromatic heterocycles. The molecule has 1 amide bonds. The number of fused-ring (bicyclic) bond motifs is 1. The summed E-state index contributed by atoms with van der Waals surface area (Å²) >= 11 is 0. The van der Waals surface area contributed by atoms with Gasteiger partial charge < -0.3 is 10.6 Å². The van der Waals surface area contributed by atoms with Crippen molar-refractivity contribution in [1.29, 1.82) is 0 Å². The Bertz CT molecular complexity index is 741. The van der Waals surface area contributed by atoms with Crippen LogP contribution in [-0.2, 0) is 12.7 Å². The maximum Gasteiger partial charge on any atom is 0.416 e. The zero-order valence-corrected chi connectivity index (χ0v) is 13.0. The van der Waals surface area contributed by atoms with E-state index < -0.39 is 11.7 Å². The highest BCUT2D eigenvalue weighted by atomic mass is 19.4. The average molecular weight is 334 g/mol. The molecule has 0 saturated heterocycles. The molecule has 2 aromatic rings. The van der Waals surface area contributed by atoms with Crippen molar-refractivity contribution in [2.75, 3.05) is 0 Å². The average Bonchev–Trinajstić information content (AvgIpc) is 2.56. The van der Waals surface area contributed by atoms with Crippen LogP contribution in [-0.4, -0.2) is 11.9 Å². The van der Waals surface area contributed by atoms with E-state index in [1.807, 2.05) is 31.2 Å². The van der Waals surface area contributed by atoms with Crippen molar-refractivity contribution in [3.05, 3.63) is 70.8 Å². The largest absolute Gasteiger partial charge is 0.416 e. The molecule has 3 nitrogen and oxygen atoms in total. The first kappa shape index (κ1) is 16.5. The van der Waals surface area contributed by atoms with E-state index >= 15 is 0 Å². The highest BCUT2D eigenvalue weighted by Gasteiger charge is 2.31. The van der Waals surface area contributed by atoms with Gasteiger partial charge in [-0.3, -0.25) is 4.79 Å². The lowest BCUT2D eigenvalue weighted by molar-refractivity contribution is -0.137. The fourth-order valence-corrected chi connectivity index (χ4v) is 2.89. The van der Waals surface area contributed by atoms with Gasteiger partial charge in [0.1, 0.15) is 0 Å². The van der Waals surface area contributed by atoms with Crippen LogP contribution in [0.2, 0.25) is 0 Å². The van der Waals surface area contributed by atoms with Gasteiger partial charge in [-0.15, -0.1) is 0 Å². The van der Waals surface area contributed by atoms with Crippen LogP contribution in [0.1, 0.15) is 40.0 Å². The van der Waals surface area contributed by atoms with Crippen LogP contribution in [0.3, 0.4) is 0 Å². The molecule has 0 fully saturated rings. The quantitative estimate of drug-likeness (QED) is 0.880. The second-order valence-electron chi connectivity index (χ2n) is 5.89. The zero-order chi connectivity index (χ0) is 17.3. The Kier molecular flexibility index (Phi) is 4.32. The van der Waals surface area contributed by atoms with Gasteiger partial charge in [0.15, 0.2) is 0 Å². The van der Waals surface area contributed by atoms with E-state index in [0.717, 1.165) is 29.8 Å². The molecule has 6 heteroatoms. The maximum absolute atomic E-state index is 12.6. The van der Waals surface area contributed by atoms with Gasteiger partial charge in [-0.25, -0.2) is 0 Å². The van der Waals surface area contributed by atoms with Crippen LogP contribution in [0.15, 0.2) is 48.5 Å². The minimum Gasteiger partial charge on any atom is -0.344 e. The predicted molar refractivity (Wildman–Crippen MR) is 84.4 cm³/mol. The third kappa shape index (κ3) is 3.28. The summed E-state index contributed by atoms with van der Waals surface area (Å²) in [6.07, 6.45) is -4.41. The number of rotatable bonds is 2. The molecule has 0 saturated carbocycles. The van der Waals surface area contributed by atoms with Gasteiger partial charge in [0.05, 0.1) is 11.6 Å². The first-order chi connectivity index (χ1) is 11.4. The first-order valence-corrected chi connectivity index (χ1v) is 7.65. The topological polar surface area (TPSA) is 41.1 Å². The molecule has 1 aliphatic rings. The van der Waals surface area contributed by atoms with E-state index in [2.05, 4.69) is 10.6 Å². The molecule has 126 valence electrons. The van der Waals surface area contributed by atoms with Crippen molar-refractivity contribution < 1.29 is 18.0 Å². The SMILES string of the molecule is CC1NCc2ccccc2C1NC(=O)c1ccc(C(F)(F)F)cc1.